The number of phenolic OH excluding ortho intramolecular Hbond substituents is 1. The van der Waals surface area contributed by atoms with Crippen LogP contribution in [0.2, 0.25) is 0 Å². The van der Waals surface area contributed by atoms with Crippen LogP contribution in [0, 0.1) is 17.8 Å². The molecule has 2 heteroatoms. The number of halogens is 1. The molecule has 1 nitrogen and oxygen atoms in total. The Bertz CT molecular complexity index is 434. The Labute approximate surface area is 141 Å². The van der Waals surface area contributed by atoms with E-state index in [0.717, 1.165) is 30.2 Å². The predicted molar refractivity (Wildman–Crippen MR) is 95.5 cm³/mol. The number of benzene rings is 1. The van der Waals surface area contributed by atoms with Crippen molar-refractivity contribution in [3.8, 4) is 5.75 Å². The Kier molecular flexibility index (Phi) is 7.39. The van der Waals surface area contributed by atoms with Crippen LogP contribution in [0.15, 0.2) is 24.3 Å². The molecule has 1 aromatic rings. The summed E-state index contributed by atoms with van der Waals surface area (Å²) in [5.41, 5.74) is 0.986. The first kappa shape index (κ1) is 18.3. The summed E-state index contributed by atoms with van der Waals surface area (Å²) in [5, 5.41) is 9.32. The number of alkyl halides is 1. The van der Waals surface area contributed by atoms with Gasteiger partial charge in [-0.1, -0.05) is 58.1 Å². The fourth-order valence-electron chi connectivity index (χ4n) is 4.28. The molecule has 1 aromatic carbocycles. The number of hydrogen-bond acceptors (Lipinski definition) is 1. The fourth-order valence-corrected chi connectivity index (χ4v) is 4.28. The van der Waals surface area contributed by atoms with Crippen LogP contribution in [0.25, 0.3) is 0 Å². The van der Waals surface area contributed by atoms with E-state index in [4.69, 9.17) is 0 Å². The maximum Gasteiger partial charge on any atom is 0.115 e. The second-order valence-electron chi connectivity index (χ2n) is 7.44. The summed E-state index contributed by atoms with van der Waals surface area (Å²) in [7, 11) is 0. The van der Waals surface area contributed by atoms with Gasteiger partial charge < -0.3 is 5.11 Å². The van der Waals surface area contributed by atoms with E-state index in [1.807, 2.05) is 12.1 Å². The second kappa shape index (κ2) is 9.30. The third-order valence-electron chi connectivity index (χ3n) is 5.75. The monoisotopic (exact) mass is 320 g/mol. The van der Waals surface area contributed by atoms with E-state index in [1.54, 1.807) is 12.1 Å². The quantitative estimate of drug-likeness (QED) is 0.596. The fraction of sp³-hybridized carbons (Fsp3) is 0.714. The SMILES string of the molecule is CCCC(CC(F)Cc1ccc(O)cc1)C1CCC(CC)CC1. The molecule has 23 heavy (non-hydrogen) atoms. The van der Waals surface area contributed by atoms with Gasteiger partial charge in [-0.05, 0) is 54.7 Å². The van der Waals surface area contributed by atoms with Gasteiger partial charge >= 0.3 is 0 Å². The Balaban J connectivity index is 1.86. The van der Waals surface area contributed by atoms with Crippen LogP contribution in [-0.4, -0.2) is 11.3 Å². The van der Waals surface area contributed by atoms with E-state index in [0.29, 0.717) is 18.8 Å². The minimum Gasteiger partial charge on any atom is -0.508 e. The van der Waals surface area contributed by atoms with E-state index in [2.05, 4.69) is 13.8 Å². The van der Waals surface area contributed by atoms with E-state index in [1.165, 1.54) is 32.1 Å². The van der Waals surface area contributed by atoms with Crippen LogP contribution in [0.5, 0.6) is 5.75 Å². The zero-order valence-electron chi connectivity index (χ0n) is 14.8. The molecule has 2 unspecified atom stereocenters. The molecule has 1 N–H and O–H groups in total. The third-order valence-corrected chi connectivity index (χ3v) is 5.75. The van der Waals surface area contributed by atoms with E-state index in [9.17, 15) is 9.50 Å². The van der Waals surface area contributed by atoms with Gasteiger partial charge in [0, 0.05) is 6.42 Å². The summed E-state index contributed by atoms with van der Waals surface area (Å²) in [4.78, 5) is 0. The Morgan fingerprint density at radius 1 is 1.09 bits per heavy atom. The number of aromatic hydroxyl groups is 1. The normalized spacial score (nSPS) is 24.3. The van der Waals surface area contributed by atoms with Crippen molar-refractivity contribution in [2.24, 2.45) is 17.8 Å². The average molecular weight is 320 g/mol. The van der Waals surface area contributed by atoms with Gasteiger partial charge in [0.2, 0.25) is 0 Å². The Morgan fingerprint density at radius 3 is 2.30 bits per heavy atom. The highest BCUT2D eigenvalue weighted by molar-refractivity contribution is 5.26. The van der Waals surface area contributed by atoms with Crippen molar-refractivity contribution < 1.29 is 9.50 Å². The minimum absolute atomic E-state index is 0.251. The van der Waals surface area contributed by atoms with Crippen molar-refractivity contribution in [1.82, 2.24) is 0 Å². The van der Waals surface area contributed by atoms with Crippen molar-refractivity contribution in [2.75, 3.05) is 0 Å². The maximum absolute atomic E-state index is 14.6. The standard InChI is InChI=1S/C21H33FO/c1-3-5-19(18-10-6-16(4-2)7-11-18)15-20(22)14-17-8-12-21(23)13-9-17/h8-9,12-13,16,18-20,23H,3-7,10-11,14-15H2,1-2H3. The van der Waals surface area contributed by atoms with Gasteiger partial charge in [0.1, 0.15) is 11.9 Å². The lowest BCUT2D eigenvalue weighted by atomic mass is 9.72. The molecule has 130 valence electrons. The molecule has 1 fully saturated rings. The zero-order chi connectivity index (χ0) is 16.7. The first-order chi connectivity index (χ1) is 11.1. The summed E-state index contributed by atoms with van der Waals surface area (Å²) < 4.78 is 14.6. The van der Waals surface area contributed by atoms with E-state index in [-0.39, 0.29) is 5.75 Å². The maximum atomic E-state index is 14.6. The molecule has 0 aliphatic heterocycles. The van der Waals surface area contributed by atoms with Gasteiger partial charge in [-0.25, -0.2) is 4.39 Å². The molecule has 0 amide bonds. The highest BCUT2D eigenvalue weighted by atomic mass is 19.1. The zero-order valence-corrected chi connectivity index (χ0v) is 14.8. The van der Waals surface area contributed by atoms with Crippen LogP contribution >= 0.6 is 0 Å². The van der Waals surface area contributed by atoms with Crippen molar-refractivity contribution in [3.63, 3.8) is 0 Å². The van der Waals surface area contributed by atoms with Gasteiger partial charge in [-0.3, -0.25) is 0 Å². The molecule has 0 radical (unpaired) electrons. The first-order valence-electron chi connectivity index (χ1n) is 9.54. The second-order valence-corrected chi connectivity index (χ2v) is 7.44. The molecule has 0 bridgehead atoms. The van der Waals surface area contributed by atoms with Crippen molar-refractivity contribution in [3.05, 3.63) is 29.8 Å². The predicted octanol–water partition coefficient (Wildman–Crippen LogP) is 6.30. The minimum atomic E-state index is -0.764. The summed E-state index contributed by atoms with van der Waals surface area (Å²) >= 11 is 0. The molecule has 0 heterocycles. The van der Waals surface area contributed by atoms with Crippen molar-refractivity contribution in [2.45, 2.75) is 77.8 Å². The van der Waals surface area contributed by atoms with Crippen LogP contribution < -0.4 is 0 Å². The van der Waals surface area contributed by atoms with Gasteiger partial charge in [0.15, 0.2) is 0 Å². The topological polar surface area (TPSA) is 20.2 Å². The van der Waals surface area contributed by atoms with Gasteiger partial charge in [0.05, 0.1) is 0 Å². The van der Waals surface area contributed by atoms with Crippen LogP contribution in [0.4, 0.5) is 4.39 Å². The molecule has 1 aliphatic rings. The van der Waals surface area contributed by atoms with Gasteiger partial charge in [0.25, 0.3) is 0 Å². The summed E-state index contributed by atoms with van der Waals surface area (Å²) in [5.74, 6) is 2.44. The Hall–Kier alpha value is -1.05. The Morgan fingerprint density at radius 2 is 1.74 bits per heavy atom. The highest BCUT2D eigenvalue weighted by Crippen LogP contribution is 2.38. The lowest BCUT2D eigenvalue weighted by molar-refractivity contribution is 0.150. The third kappa shape index (κ3) is 5.82. The first-order valence-corrected chi connectivity index (χ1v) is 9.54. The van der Waals surface area contributed by atoms with E-state index >= 15 is 0 Å². The van der Waals surface area contributed by atoms with Crippen molar-refractivity contribution in [1.29, 1.82) is 0 Å². The molecular formula is C21H33FO. The smallest absolute Gasteiger partial charge is 0.115 e. The lowest BCUT2D eigenvalue weighted by Gasteiger charge is -2.34. The van der Waals surface area contributed by atoms with Gasteiger partial charge in [-0.2, -0.15) is 0 Å². The van der Waals surface area contributed by atoms with Gasteiger partial charge in [-0.15, -0.1) is 0 Å². The van der Waals surface area contributed by atoms with E-state index < -0.39 is 6.17 Å². The van der Waals surface area contributed by atoms with Crippen LogP contribution in [-0.2, 0) is 6.42 Å². The molecule has 0 aromatic heterocycles. The molecule has 1 saturated carbocycles. The van der Waals surface area contributed by atoms with Crippen molar-refractivity contribution >= 4 is 0 Å². The molecule has 0 saturated heterocycles. The summed E-state index contributed by atoms with van der Waals surface area (Å²) in [6.07, 6.45) is 9.33. The van der Waals surface area contributed by atoms with Crippen LogP contribution in [0.3, 0.4) is 0 Å². The molecule has 1 aliphatic carbocycles. The molecule has 2 rings (SSSR count). The average Bonchev–Trinajstić information content (AvgIpc) is 2.57. The molecule has 0 spiro atoms. The lowest BCUT2D eigenvalue weighted by Crippen LogP contribution is -2.24. The summed E-state index contributed by atoms with van der Waals surface area (Å²) in [6.45, 7) is 4.52. The number of rotatable bonds is 8. The van der Waals surface area contributed by atoms with Crippen LogP contribution in [0.1, 0.15) is 70.8 Å². The molecule has 2 atom stereocenters. The number of hydrogen-bond donors (Lipinski definition) is 1. The largest absolute Gasteiger partial charge is 0.508 e. The number of phenols is 1. The highest BCUT2D eigenvalue weighted by Gasteiger charge is 2.28. The molecular weight excluding hydrogens is 287 g/mol. The summed E-state index contributed by atoms with van der Waals surface area (Å²) in [6, 6.07) is 6.97.